The van der Waals surface area contributed by atoms with Crippen LogP contribution in [0.15, 0.2) is 59.6 Å². The second-order valence-corrected chi connectivity index (χ2v) is 7.19. The topological polar surface area (TPSA) is 95.8 Å². The Hall–Kier alpha value is -4.46. The van der Waals surface area contributed by atoms with Crippen LogP contribution >= 0.6 is 0 Å². The normalized spacial score (nSPS) is 11.0. The Kier molecular flexibility index (Phi) is 8.34. The number of phenols is 1. The molecule has 0 aliphatic rings. The predicted molar refractivity (Wildman–Crippen MR) is 134 cm³/mol. The summed E-state index contributed by atoms with van der Waals surface area (Å²) in [5.74, 6) is 2.10. The van der Waals surface area contributed by atoms with E-state index < -0.39 is 0 Å². The van der Waals surface area contributed by atoms with Crippen molar-refractivity contribution in [3.63, 3.8) is 0 Å². The zero-order valence-corrected chi connectivity index (χ0v) is 20.2. The minimum atomic E-state index is -0.256. The molecule has 8 nitrogen and oxygen atoms in total. The third-order valence-electron chi connectivity index (χ3n) is 5.21. The first-order chi connectivity index (χ1) is 16.9. The lowest BCUT2D eigenvalue weighted by atomic mass is 10.1. The molecule has 8 heteroatoms. The van der Waals surface area contributed by atoms with Crippen LogP contribution in [-0.2, 0) is 0 Å². The average Bonchev–Trinajstić information content (AvgIpc) is 2.90. The number of ether oxygens (including phenoxy) is 5. The zero-order valence-electron chi connectivity index (χ0n) is 20.2. The summed E-state index contributed by atoms with van der Waals surface area (Å²) in [5, 5.41) is 10.3. The number of hydrogen-bond donors (Lipinski definition) is 1. The van der Waals surface area contributed by atoms with Gasteiger partial charge in [0.15, 0.2) is 17.3 Å². The van der Waals surface area contributed by atoms with Crippen LogP contribution in [-0.4, -0.2) is 52.7 Å². The molecule has 0 amide bonds. The maximum absolute atomic E-state index is 13.0. The fourth-order valence-electron chi connectivity index (χ4n) is 3.34. The van der Waals surface area contributed by atoms with Crippen LogP contribution in [0.3, 0.4) is 0 Å². The lowest BCUT2D eigenvalue weighted by molar-refractivity contribution is 0.104. The Morgan fingerprint density at radius 2 is 1.46 bits per heavy atom. The van der Waals surface area contributed by atoms with Gasteiger partial charge in [0.25, 0.3) is 0 Å². The quantitative estimate of drug-likeness (QED) is 0.247. The van der Waals surface area contributed by atoms with Gasteiger partial charge in [-0.25, -0.2) is 0 Å². The average molecular weight is 478 g/mol. The van der Waals surface area contributed by atoms with E-state index in [1.807, 2.05) is 0 Å². The Labute approximate surface area is 204 Å². The summed E-state index contributed by atoms with van der Waals surface area (Å²) in [6.07, 6.45) is 4.53. The molecule has 3 rings (SSSR count). The van der Waals surface area contributed by atoms with E-state index in [9.17, 15) is 9.90 Å². The molecule has 0 heterocycles. The molecule has 0 spiro atoms. The maximum atomic E-state index is 13.0. The van der Waals surface area contributed by atoms with Crippen molar-refractivity contribution >= 4 is 23.8 Å². The molecular weight excluding hydrogens is 450 g/mol. The number of benzene rings is 3. The molecular formula is C27H27NO7. The van der Waals surface area contributed by atoms with Crippen molar-refractivity contribution in [2.75, 3.05) is 35.5 Å². The van der Waals surface area contributed by atoms with Gasteiger partial charge in [-0.15, -0.1) is 0 Å². The van der Waals surface area contributed by atoms with Gasteiger partial charge < -0.3 is 28.8 Å². The van der Waals surface area contributed by atoms with E-state index in [1.54, 1.807) is 61.7 Å². The second-order valence-electron chi connectivity index (χ2n) is 7.19. The monoisotopic (exact) mass is 477 g/mol. The summed E-state index contributed by atoms with van der Waals surface area (Å²) >= 11 is 0. The lowest BCUT2D eigenvalue weighted by Gasteiger charge is -2.12. The van der Waals surface area contributed by atoms with Crippen molar-refractivity contribution in [1.82, 2.24) is 0 Å². The fourth-order valence-corrected chi connectivity index (χ4v) is 3.34. The molecule has 0 aliphatic heterocycles. The van der Waals surface area contributed by atoms with Crippen molar-refractivity contribution < 1.29 is 33.6 Å². The number of rotatable bonds is 10. The number of methoxy groups -OCH3 is 5. The highest BCUT2D eigenvalue weighted by Crippen LogP contribution is 2.35. The Morgan fingerprint density at radius 1 is 0.800 bits per heavy atom. The van der Waals surface area contributed by atoms with Gasteiger partial charge in [0.05, 0.1) is 41.1 Å². The Bertz CT molecular complexity index is 1240. The van der Waals surface area contributed by atoms with Crippen LogP contribution in [0.5, 0.6) is 34.5 Å². The zero-order chi connectivity index (χ0) is 25.4. The smallest absolute Gasteiger partial charge is 0.185 e. The number of para-hydroxylation sites is 1. The number of aromatic hydroxyl groups is 1. The minimum Gasteiger partial charge on any atom is -0.504 e. The van der Waals surface area contributed by atoms with Crippen molar-refractivity contribution in [3.05, 3.63) is 71.3 Å². The van der Waals surface area contributed by atoms with Crippen molar-refractivity contribution in [2.45, 2.75) is 0 Å². The van der Waals surface area contributed by atoms with E-state index in [0.29, 0.717) is 51.1 Å². The minimum absolute atomic E-state index is 0.0322. The van der Waals surface area contributed by atoms with Crippen molar-refractivity contribution in [2.24, 2.45) is 4.99 Å². The first-order valence-electron chi connectivity index (χ1n) is 10.6. The molecule has 182 valence electrons. The maximum Gasteiger partial charge on any atom is 0.185 e. The standard InChI is InChI=1S/C27H27NO7/c1-31-19-14-25(34-4)20(26(15-19)35-5)10-11-22(29)17-9-12-23(32-2)21(13-17)28-16-18-7-6-8-24(33-3)27(18)30/h6-16,30H,1-5H3/b11-10+,28-16?. The van der Waals surface area contributed by atoms with Crippen LogP contribution in [0.4, 0.5) is 5.69 Å². The van der Waals surface area contributed by atoms with Gasteiger partial charge in [0, 0.05) is 29.5 Å². The summed E-state index contributed by atoms with van der Waals surface area (Å²) in [5.41, 5.74) is 1.88. The van der Waals surface area contributed by atoms with Gasteiger partial charge in [-0.05, 0) is 42.5 Å². The van der Waals surface area contributed by atoms with Gasteiger partial charge in [-0.1, -0.05) is 6.07 Å². The second kappa shape index (κ2) is 11.6. The molecule has 0 radical (unpaired) electrons. The van der Waals surface area contributed by atoms with Crippen molar-refractivity contribution in [3.8, 4) is 34.5 Å². The number of hydrogen-bond acceptors (Lipinski definition) is 8. The third kappa shape index (κ3) is 5.73. The van der Waals surface area contributed by atoms with Crippen molar-refractivity contribution in [1.29, 1.82) is 0 Å². The van der Waals surface area contributed by atoms with Gasteiger partial charge >= 0.3 is 0 Å². The number of aliphatic imine (C=N–C) groups is 1. The predicted octanol–water partition coefficient (Wildman–Crippen LogP) is 5.08. The van der Waals surface area contributed by atoms with Crippen LogP contribution in [0.2, 0.25) is 0 Å². The summed E-state index contributed by atoms with van der Waals surface area (Å²) < 4.78 is 26.6. The van der Waals surface area contributed by atoms with Crippen LogP contribution < -0.4 is 23.7 Å². The van der Waals surface area contributed by atoms with E-state index >= 15 is 0 Å². The largest absolute Gasteiger partial charge is 0.504 e. The Morgan fingerprint density at radius 3 is 2.06 bits per heavy atom. The fraction of sp³-hybridized carbons (Fsp3) is 0.185. The molecule has 1 N–H and O–H groups in total. The highest BCUT2D eigenvalue weighted by molar-refractivity contribution is 6.08. The van der Waals surface area contributed by atoms with Gasteiger partial charge in [0.1, 0.15) is 28.7 Å². The molecule has 0 aliphatic carbocycles. The van der Waals surface area contributed by atoms with Gasteiger partial charge in [-0.2, -0.15) is 0 Å². The highest BCUT2D eigenvalue weighted by atomic mass is 16.5. The molecule has 0 bridgehead atoms. The molecule has 0 aromatic heterocycles. The summed E-state index contributed by atoms with van der Waals surface area (Å²) in [6, 6.07) is 13.4. The summed E-state index contributed by atoms with van der Waals surface area (Å²) in [7, 11) is 7.59. The van der Waals surface area contributed by atoms with E-state index in [4.69, 9.17) is 23.7 Å². The lowest BCUT2D eigenvalue weighted by Crippen LogP contribution is -1.97. The van der Waals surface area contributed by atoms with Gasteiger partial charge in [-0.3, -0.25) is 9.79 Å². The number of carbonyl (C=O) groups excluding carboxylic acids is 1. The molecule has 3 aromatic rings. The molecule has 0 saturated carbocycles. The molecule has 0 atom stereocenters. The van der Waals surface area contributed by atoms with Gasteiger partial charge in [0.2, 0.25) is 0 Å². The van der Waals surface area contributed by atoms with E-state index in [2.05, 4.69) is 4.99 Å². The molecule has 0 unspecified atom stereocenters. The van der Waals surface area contributed by atoms with Crippen LogP contribution in [0.1, 0.15) is 21.5 Å². The van der Waals surface area contributed by atoms with Crippen LogP contribution in [0.25, 0.3) is 6.08 Å². The first kappa shape index (κ1) is 25.2. The summed E-state index contributed by atoms with van der Waals surface area (Å²) in [6.45, 7) is 0. The number of allylic oxidation sites excluding steroid dienone is 1. The molecule has 35 heavy (non-hydrogen) atoms. The van der Waals surface area contributed by atoms with E-state index in [-0.39, 0.29) is 11.5 Å². The Balaban J connectivity index is 1.92. The molecule has 3 aromatic carbocycles. The third-order valence-corrected chi connectivity index (χ3v) is 5.21. The van der Waals surface area contributed by atoms with E-state index in [1.165, 1.54) is 40.7 Å². The molecule has 0 saturated heterocycles. The number of nitrogens with zero attached hydrogens (tertiary/aromatic N) is 1. The summed E-state index contributed by atoms with van der Waals surface area (Å²) in [4.78, 5) is 17.4. The van der Waals surface area contributed by atoms with E-state index in [0.717, 1.165) is 0 Å². The number of phenolic OH excluding ortho intramolecular Hbond substituents is 1. The number of ketones is 1. The number of carbonyl (C=O) groups is 1. The molecule has 0 fully saturated rings. The highest BCUT2D eigenvalue weighted by Gasteiger charge is 2.13. The first-order valence-corrected chi connectivity index (χ1v) is 10.6. The SMILES string of the molecule is COc1cc(OC)c(/C=C/C(=O)c2ccc(OC)c(N=Cc3cccc(OC)c3O)c2)c(OC)c1. The van der Waals surface area contributed by atoms with Crippen LogP contribution in [0, 0.1) is 0 Å².